The van der Waals surface area contributed by atoms with Crippen LogP contribution >= 0.6 is 0 Å². The number of nitrogens with one attached hydrogen (secondary N) is 2. The summed E-state index contributed by atoms with van der Waals surface area (Å²) in [5.41, 5.74) is 1.16. The minimum absolute atomic E-state index is 0.367. The minimum atomic E-state index is -0.713. The predicted octanol–water partition coefficient (Wildman–Crippen LogP) is 2.41. The SMILES string of the molecule is CC(NC(=O)NC=O)(c1ccccc1)c1ccccc1. The third kappa shape index (κ3) is 2.85. The lowest BCUT2D eigenvalue weighted by molar-refractivity contribution is -0.108. The molecule has 0 saturated carbocycles. The van der Waals surface area contributed by atoms with Gasteiger partial charge in [0, 0.05) is 0 Å². The first-order valence-electron chi connectivity index (χ1n) is 6.30. The smallest absolute Gasteiger partial charge is 0.322 e. The van der Waals surface area contributed by atoms with E-state index in [9.17, 15) is 9.59 Å². The Morgan fingerprint density at radius 1 is 0.950 bits per heavy atom. The van der Waals surface area contributed by atoms with Gasteiger partial charge >= 0.3 is 6.03 Å². The average Bonchev–Trinajstić information content (AvgIpc) is 2.49. The second-order valence-electron chi connectivity index (χ2n) is 4.57. The van der Waals surface area contributed by atoms with E-state index < -0.39 is 11.6 Å². The maximum atomic E-state index is 11.8. The van der Waals surface area contributed by atoms with E-state index in [1.807, 2.05) is 67.6 Å². The van der Waals surface area contributed by atoms with Gasteiger partial charge < -0.3 is 5.32 Å². The Kier molecular flexibility index (Phi) is 4.15. The molecule has 0 bridgehead atoms. The zero-order valence-corrected chi connectivity index (χ0v) is 11.2. The Labute approximate surface area is 117 Å². The van der Waals surface area contributed by atoms with Crippen molar-refractivity contribution in [3.8, 4) is 0 Å². The molecule has 2 rings (SSSR count). The predicted molar refractivity (Wildman–Crippen MR) is 77.1 cm³/mol. The molecule has 0 radical (unpaired) electrons. The largest absolute Gasteiger partial charge is 0.324 e. The molecule has 0 atom stereocenters. The lowest BCUT2D eigenvalue weighted by atomic mass is 9.85. The number of carbonyl (C=O) groups excluding carboxylic acids is 2. The van der Waals surface area contributed by atoms with Crippen molar-refractivity contribution in [2.45, 2.75) is 12.5 Å². The van der Waals surface area contributed by atoms with Crippen LogP contribution in [0.1, 0.15) is 18.1 Å². The molecule has 102 valence electrons. The van der Waals surface area contributed by atoms with Crippen LogP contribution in [-0.2, 0) is 10.3 Å². The summed E-state index contributed by atoms with van der Waals surface area (Å²) in [5.74, 6) is 0. The summed E-state index contributed by atoms with van der Waals surface area (Å²) in [7, 11) is 0. The maximum absolute atomic E-state index is 11.8. The molecule has 0 heterocycles. The molecule has 0 aliphatic heterocycles. The number of benzene rings is 2. The molecule has 2 aromatic rings. The van der Waals surface area contributed by atoms with Gasteiger partial charge in [-0.05, 0) is 18.1 Å². The number of hydrogen-bond donors (Lipinski definition) is 2. The number of rotatable bonds is 4. The monoisotopic (exact) mass is 268 g/mol. The summed E-state index contributed by atoms with van der Waals surface area (Å²) < 4.78 is 0. The fourth-order valence-corrected chi connectivity index (χ4v) is 2.17. The van der Waals surface area contributed by atoms with Crippen LogP contribution in [-0.4, -0.2) is 12.4 Å². The van der Waals surface area contributed by atoms with Crippen molar-refractivity contribution in [2.24, 2.45) is 0 Å². The number of carbonyl (C=O) groups is 2. The summed E-state index contributed by atoms with van der Waals surface area (Å²) in [5, 5.41) is 4.96. The summed E-state index contributed by atoms with van der Waals surface area (Å²) >= 11 is 0. The molecule has 4 heteroatoms. The van der Waals surface area contributed by atoms with Crippen molar-refractivity contribution in [3.63, 3.8) is 0 Å². The van der Waals surface area contributed by atoms with Crippen LogP contribution < -0.4 is 10.6 Å². The lowest BCUT2D eigenvalue weighted by Gasteiger charge is -2.31. The molecular weight excluding hydrogens is 252 g/mol. The normalized spacial score (nSPS) is 10.7. The van der Waals surface area contributed by atoms with E-state index in [-0.39, 0.29) is 0 Å². The van der Waals surface area contributed by atoms with E-state index in [4.69, 9.17) is 0 Å². The first-order chi connectivity index (χ1) is 9.66. The maximum Gasteiger partial charge on any atom is 0.322 e. The Bertz CT molecular complexity index is 542. The zero-order valence-electron chi connectivity index (χ0n) is 11.2. The highest BCUT2D eigenvalue weighted by Gasteiger charge is 2.30. The zero-order chi connectivity index (χ0) is 14.4. The topological polar surface area (TPSA) is 58.2 Å². The Morgan fingerprint density at radius 3 is 1.80 bits per heavy atom. The van der Waals surface area contributed by atoms with E-state index in [1.54, 1.807) is 0 Å². The van der Waals surface area contributed by atoms with Crippen LogP contribution in [0, 0.1) is 0 Å². The van der Waals surface area contributed by atoms with Crippen LogP contribution in [0.5, 0.6) is 0 Å². The molecular formula is C16H16N2O2. The Balaban J connectivity index is 2.43. The molecule has 3 amide bonds. The van der Waals surface area contributed by atoms with Crippen LogP contribution in [0.25, 0.3) is 0 Å². The van der Waals surface area contributed by atoms with E-state index in [2.05, 4.69) is 10.6 Å². The summed E-state index contributed by atoms with van der Waals surface area (Å²) in [6, 6.07) is 18.7. The molecule has 20 heavy (non-hydrogen) atoms. The van der Waals surface area contributed by atoms with Crippen LogP contribution in [0.15, 0.2) is 60.7 Å². The number of hydrogen-bond acceptors (Lipinski definition) is 2. The molecule has 2 aromatic carbocycles. The fourth-order valence-electron chi connectivity index (χ4n) is 2.17. The van der Waals surface area contributed by atoms with Gasteiger partial charge in [0.1, 0.15) is 0 Å². The van der Waals surface area contributed by atoms with Crippen molar-refractivity contribution in [1.29, 1.82) is 0 Å². The third-order valence-electron chi connectivity index (χ3n) is 3.26. The third-order valence-corrected chi connectivity index (χ3v) is 3.26. The lowest BCUT2D eigenvalue weighted by Crippen LogP contribution is -2.48. The molecule has 0 aliphatic rings. The molecule has 0 unspecified atom stereocenters. The van der Waals surface area contributed by atoms with Gasteiger partial charge in [-0.25, -0.2) is 4.79 Å². The van der Waals surface area contributed by atoms with Gasteiger partial charge in [-0.15, -0.1) is 0 Å². The summed E-state index contributed by atoms with van der Waals surface area (Å²) in [4.78, 5) is 22.2. The van der Waals surface area contributed by atoms with E-state index >= 15 is 0 Å². The molecule has 0 aromatic heterocycles. The highest BCUT2D eigenvalue weighted by molar-refractivity contribution is 5.85. The first-order valence-corrected chi connectivity index (χ1v) is 6.30. The highest BCUT2D eigenvalue weighted by Crippen LogP contribution is 2.28. The van der Waals surface area contributed by atoms with Crippen molar-refractivity contribution in [1.82, 2.24) is 10.6 Å². The molecule has 0 aliphatic carbocycles. The van der Waals surface area contributed by atoms with Gasteiger partial charge in [0.05, 0.1) is 5.54 Å². The van der Waals surface area contributed by atoms with Crippen molar-refractivity contribution >= 4 is 12.4 Å². The van der Waals surface area contributed by atoms with Gasteiger partial charge in [-0.1, -0.05) is 60.7 Å². The van der Waals surface area contributed by atoms with Crippen molar-refractivity contribution in [2.75, 3.05) is 0 Å². The van der Waals surface area contributed by atoms with Gasteiger partial charge in [-0.3, -0.25) is 10.1 Å². The van der Waals surface area contributed by atoms with Crippen molar-refractivity contribution < 1.29 is 9.59 Å². The van der Waals surface area contributed by atoms with Gasteiger partial charge in [0.15, 0.2) is 0 Å². The number of imide groups is 1. The second kappa shape index (κ2) is 6.02. The van der Waals surface area contributed by atoms with Gasteiger partial charge in [0.25, 0.3) is 0 Å². The summed E-state index contributed by atoms with van der Waals surface area (Å²) in [6.45, 7) is 1.90. The molecule has 2 N–H and O–H groups in total. The Hall–Kier alpha value is -2.62. The highest BCUT2D eigenvalue weighted by atomic mass is 16.2. The van der Waals surface area contributed by atoms with Gasteiger partial charge in [-0.2, -0.15) is 0 Å². The van der Waals surface area contributed by atoms with Crippen molar-refractivity contribution in [3.05, 3.63) is 71.8 Å². The first kappa shape index (κ1) is 13.8. The molecule has 4 nitrogen and oxygen atoms in total. The van der Waals surface area contributed by atoms with Crippen LogP contribution in [0.4, 0.5) is 4.79 Å². The molecule has 0 fully saturated rings. The average molecular weight is 268 g/mol. The fraction of sp³-hybridized carbons (Fsp3) is 0.125. The van der Waals surface area contributed by atoms with E-state index in [0.717, 1.165) is 11.1 Å². The summed E-state index contributed by atoms with van der Waals surface area (Å²) in [6.07, 6.45) is 0.367. The number of amides is 3. The second-order valence-corrected chi connectivity index (χ2v) is 4.57. The van der Waals surface area contributed by atoms with Crippen LogP contribution in [0.3, 0.4) is 0 Å². The Morgan fingerprint density at radius 2 is 1.40 bits per heavy atom. The van der Waals surface area contributed by atoms with E-state index in [1.165, 1.54) is 0 Å². The molecule has 0 saturated heterocycles. The van der Waals surface area contributed by atoms with E-state index in [0.29, 0.717) is 6.41 Å². The van der Waals surface area contributed by atoms with Gasteiger partial charge in [0.2, 0.25) is 6.41 Å². The van der Waals surface area contributed by atoms with Crippen LogP contribution in [0.2, 0.25) is 0 Å². The molecule has 0 spiro atoms. The number of urea groups is 1. The minimum Gasteiger partial charge on any atom is -0.324 e. The quantitative estimate of drug-likeness (QED) is 0.837. The standard InChI is InChI=1S/C16H16N2O2/c1-16(18-15(20)17-12-19,13-8-4-2-5-9-13)14-10-6-3-7-11-14/h2-12H,1H3,(H2,17,18,19,20).